The molecule has 1 aromatic heterocycles. The van der Waals surface area contributed by atoms with E-state index < -0.39 is 0 Å². The molecule has 0 aliphatic rings. The molecule has 1 heterocycles. The molecule has 0 aliphatic carbocycles. The van der Waals surface area contributed by atoms with Crippen molar-refractivity contribution in [1.29, 1.82) is 0 Å². The zero-order valence-corrected chi connectivity index (χ0v) is 7.69. The van der Waals surface area contributed by atoms with Crippen LogP contribution in [-0.4, -0.2) is 12.2 Å². The van der Waals surface area contributed by atoms with Gasteiger partial charge in [-0.05, 0) is 12.1 Å². The number of halogens is 1. The average Bonchev–Trinajstić information content (AvgIpc) is 2.50. The zero-order chi connectivity index (χ0) is 9.42. The zero-order valence-electron chi connectivity index (χ0n) is 6.87. The SMILES string of the molecule is COc1ccc2c(F)csc2c1O. The highest BCUT2D eigenvalue weighted by atomic mass is 32.1. The van der Waals surface area contributed by atoms with E-state index in [1.807, 2.05) is 0 Å². The molecule has 2 rings (SSSR count). The van der Waals surface area contributed by atoms with Crippen molar-refractivity contribution in [2.75, 3.05) is 7.11 Å². The van der Waals surface area contributed by atoms with Gasteiger partial charge in [0.15, 0.2) is 11.5 Å². The second-order valence-corrected chi connectivity index (χ2v) is 3.46. The summed E-state index contributed by atoms with van der Waals surface area (Å²) in [6.07, 6.45) is 0. The van der Waals surface area contributed by atoms with Crippen LogP contribution in [0.2, 0.25) is 0 Å². The standard InChI is InChI=1S/C9H7FO2S/c1-12-7-3-2-5-6(10)4-13-9(5)8(7)11/h2-4,11H,1H3. The predicted molar refractivity (Wildman–Crippen MR) is 50.0 cm³/mol. The Morgan fingerprint density at radius 3 is 2.92 bits per heavy atom. The van der Waals surface area contributed by atoms with Crippen LogP contribution in [0.15, 0.2) is 17.5 Å². The maximum atomic E-state index is 13.0. The summed E-state index contributed by atoms with van der Waals surface area (Å²) >= 11 is 1.17. The van der Waals surface area contributed by atoms with Crippen LogP contribution in [0.25, 0.3) is 10.1 Å². The molecule has 4 heteroatoms. The van der Waals surface area contributed by atoms with Gasteiger partial charge in [0.1, 0.15) is 5.82 Å². The number of benzene rings is 1. The molecule has 0 fully saturated rings. The number of hydrogen-bond acceptors (Lipinski definition) is 3. The van der Waals surface area contributed by atoms with Gasteiger partial charge >= 0.3 is 0 Å². The first-order valence-corrected chi connectivity index (χ1v) is 4.54. The number of thiophene rings is 1. The number of fused-ring (bicyclic) bond motifs is 1. The Bertz CT molecular complexity index is 450. The fraction of sp³-hybridized carbons (Fsp3) is 0.111. The van der Waals surface area contributed by atoms with E-state index in [-0.39, 0.29) is 11.6 Å². The van der Waals surface area contributed by atoms with Gasteiger partial charge in [0.2, 0.25) is 0 Å². The second-order valence-electron chi connectivity index (χ2n) is 2.58. The first-order chi connectivity index (χ1) is 6.24. The number of methoxy groups -OCH3 is 1. The Balaban J connectivity index is 2.80. The van der Waals surface area contributed by atoms with Crippen LogP contribution < -0.4 is 4.74 Å². The fourth-order valence-corrected chi connectivity index (χ4v) is 2.05. The normalized spacial score (nSPS) is 10.6. The Labute approximate surface area is 78.2 Å². The van der Waals surface area contributed by atoms with E-state index in [1.165, 1.54) is 23.8 Å². The maximum absolute atomic E-state index is 13.0. The van der Waals surface area contributed by atoms with Crippen molar-refractivity contribution < 1.29 is 14.2 Å². The third-order valence-corrected chi connectivity index (χ3v) is 2.83. The topological polar surface area (TPSA) is 29.5 Å². The predicted octanol–water partition coefficient (Wildman–Crippen LogP) is 2.75. The summed E-state index contributed by atoms with van der Waals surface area (Å²) in [5, 5.41) is 11.4. The molecule has 1 aromatic carbocycles. The van der Waals surface area contributed by atoms with Gasteiger partial charge in [-0.15, -0.1) is 11.3 Å². The summed E-state index contributed by atoms with van der Waals surface area (Å²) in [7, 11) is 1.46. The Morgan fingerprint density at radius 1 is 1.46 bits per heavy atom. The van der Waals surface area contributed by atoms with Gasteiger partial charge in [-0.2, -0.15) is 0 Å². The molecule has 0 unspecified atom stereocenters. The fourth-order valence-electron chi connectivity index (χ4n) is 1.20. The van der Waals surface area contributed by atoms with Crippen LogP contribution in [0.3, 0.4) is 0 Å². The number of hydrogen-bond donors (Lipinski definition) is 1. The van der Waals surface area contributed by atoms with Crippen molar-refractivity contribution >= 4 is 21.4 Å². The molecule has 2 aromatic rings. The molecule has 0 atom stereocenters. The molecule has 13 heavy (non-hydrogen) atoms. The largest absolute Gasteiger partial charge is 0.503 e. The van der Waals surface area contributed by atoms with Crippen LogP contribution in [-0.2, 0) is 0 Å². The smallest absolute Gasteiger partial charge is 0.176 e. The molecule has 0 saturated carbocycles. The molecule has 0 spiro atoms. The molecule has 0 bridgehead atoms. The first kappa shape index (κ1) is 8.31. The van der Waals surface area contributed by atoms with Gasteiger partial charge in [0.05, 0.1) is 11.8 Å². The van der Waals surface area contributed by atoms with Crippen molar-refractivity contribution in [2.24, 2.45) is 0 Å². The molecule has 0 saturated heterocycles. The summed E-state index contributed by atoms with van der Waals surface area (Å²) < 4.78 is 18.4. The minimum absolute atomic E-state index is 0.00824. The third-order valence-electron chi connectivity index (χ3n) is 1.85. The summed E-state index contributed by atoms with van der Waals surface area (Å²) in [5.41, 5.74) is 0. The first-order valence-electron chi connectivity index (χ1n) is 3.66. The Morgan fingerprint density at radius 2 is 2.23 bits per heavy atom. The van der Waals surface area contributed by atoms with Gasteiger partial charge in [0, 0.05) is 10.8 Å². The molecule has 0 radical (unpaired) electrons. The van der Waals surface area contributed by atoms with E-state index >= 15 is 0 Å². The molecule has 0 amide bonds. The van der Waals surface area contributed by atoms with Crippen LogP contribution in [0, 0.1) is 5.82 Å². The number of aromatic hydroxyl groups is 1. The van der Waals surface area contributed by atoms with E-state index in [2.05, 4.69) is 0 Å². The van der Waals surface area contributed by atoms with Crippen LogP contribution >= 0.6 is 11.3 Å². The van der Waals surface area contributed by atoms with Crippen molar-refractivity contribution in [2.45, 2.75) is 0 Å². The van der Waals surface area contributed by atoms with Crippen molar-refractivity contribution in [1.82, 2.24) is 0 Å². The van der Waals surface area contributed by atoms with Crippen LogP contribution in [0.1, 0.15) is 0 Å². The van der Waals surface area contributed by atoms with Crippen molar-refractivity contribution in [3.05, 3.63) is 23.3 Å². The quantitative estimate of drug-likeness (QED) is 0.763. The van der Waals surface area contributed by atoms with E-state index in [0.29, 0.717) is 15.8 Å². The number of rotatable bonds is 1. The van der Waals surface area contributed by atoms with E-state index in [0.717, 1.165) is 0 Å². The number of phenols is 1. The van der Waals surface area contributed by atoms with Crippen molar-refractivity contribution in [3.8, 4) is 11.5 Å². The van der Waals surface area contributed by atoms with Crippen LogP contribution in [0.5, 0.6) is 11.5 Å². The van der Waals surface area contributed by atoms with E-state index in [4.69, 9.17) is 4.74 Å². The second kappa shape index (κ2) is 2.88. The lowest BCUT2D eigenvalue weighted by Crippen LogP contribution is -1.82. The van der Waals surface area contributed by atoms with Gasteiger partial charge < -0.3 is 9.84 Å². The summed E-state index contributed by atoms with van der Waals surface area (Å²) in [5.74, 6) is 0.0706. The van der Waals surface area contributed by atoms with Crippen LogP contribution in [0.4, 0.5) is 4.39 Å². The highest BCUT2D eigenvalue weighted by Crippen LogP contribution is 2.38. The lowest BCUT2D eigenvalue weighted by atomic mass is 10.2. The lowest BCUT2D eigenvalue weighted by Gasteiger charge is -2.02. The van der Waals surface area contributed by atoms with Gasteiger partial charge in [-0.1, -0.05) is 0 Å². The monoisotopic (exact) mass is 198 g/mol. The molecular formula is C9H7FO2S. The Hall–Kier alpha value is -1.29. The lowest BCUT2D eigenvalue weighted by molar-refractivity contribution is 0.377. The molecule has 2 nitrogen and oxygen atoms in total. The summed E-state index contributed by atoms with van der Waals surface area (Å²) in [6.45, 7) is 0. The minimum atomic E-state index is -0.307. The highest BCUT2D eigenvalue weighted by molar-refractivity contribution is 7.17. The van der Waals surface area contributed by atoms with Crippen molar-refractivity contribution in [3.63, 3.8) is 0 Å². The summed E-state index contributed by atoms with van der Waals surface area (Å²) in [4.78, 5) is 0. The third kappa shape index (κ3) is 1.14. The van der Waals surface area contributed by atoms with Gasteiger partial charge in [0.25, 0.3) is 0 Å². The minimum Gasteiger partial charge on any atom is -0.503 e. The molecule has 1 N–H and O–H groups in total. The molecule has 0 aliphatic heterocycles. The maximum Gasteiger partial charge on any atom is 0.176 e. The summed E-state index contributed by atoms with van der Waals surface area (Å²) in [6, 6.07) is 3.15. The number of ether oxygens (including phenoxy) is 1. The average molecular weight is 198 g/mol. The van der Waals surface area contributed by atoms with Gasteiger partial charge in [-0.25, -0.2) is 4.39 Å². The Kier molecular flexibility index (Phi) is 1.84. The number of phenolic OH excluding ortho intramolecular Hbond substituents is 1. The van der Waals surface area contributed by atoms with E-state index in [9.17, 15) is 9.50 Å². The molecule has 68 valence electrons. The highest BCUT2D eigenvalue weighted by Gasteiger charge is 2.11. The van der Waals surface area contributed by atoms with E-state index in [1.54, 1.807) is 12.1 Å². The van der Waals surface area contributed by atoms with Gasteiger partial charge in [-0.3, -0.25) is 0 Å². The molecular weight excluding hydrogens is 191 g/mol.